The molecule has 0 aliphatic heterocycles. The van der Waals surface area contributed by atoms with Crippen molar-refractivity contribution in [3.8, 4) is 0 Å². The summed E-state index contributed by atoms with van der Waals surface area (Å²) >= 11 is 0. The Morgan fingerprint density at radius 3 is 2.61 bits per heavy atom. The largest absolute Gasteiger partial charge is 0.347 e. The number of carbonyl (C=O) groups excluding carboxylic acids is 1. The second-order valence-corrected chi connectivity index (χ2v) is 6.03. The summed E-state index contributed by atoms with van der Waals surface area (Å²) in [5.74, 6) is 0.881. The van der Waals surface area contributed by atoms with Crippen molar-refractivity contribution in [2.75, 3.05) is 14.1 Å². The molecule has 5 nitrogen and oxygen atoms in total. The van der Waals surface area contributed by atoms with Gasteiger partial charge in [-0.2, -0.15) is 0 Å². The van der Waals surface area contributed by atoms with Gasteiger partial charge in [0.05, 0.1) is 6.54 Å². The van der Waals surface area contributed by atoms with E-state index < -0.39 is 0 Å². The number of aromatic nitrogens is 2. The average Bonchev–Trinajstić information content (AvgIpc) is 2.95. The first kappa shape index (κ1) is 17.2. The topological polar surface area (TPSA) is 50.2 Å². The van der Waals surface area contributed by atoms with E-state index in [0.29, 0.717) is 6.54 Å². The minimum atomic E-state index is -0.301. The summed E-state index contributed by atoms with van der Waals surface area (Å²) in [6.07, 6.45) is 4.77. The van der Waals surface area contributed by atoms with Crippen LogP contribution in [0.15, 0.2) is 36.7 Å². The molecule has 1 aromatic carbocycles. The van der Waals surface area contributed by atoms with Crippen LogP contribution in [0.2, 0.25) is 0 Å². The van der Waals surface area contributed by atoms with Crippen LogP contribution in [-0.4, -0.2) is 34.5 Å². The van der Waals surface area contributed by atoms with Gasteiger partial charge >= 0.3 is 0 Å². The minimum Gasteiger partial charge on any atom is -0.347 e. The third-order valence-corrected chi connectivity index (χ3v) is 3.84. The van der Waals surface area contributed by atoms with Gasteiger partial charge in [-0.15, -0.1) is 0 Å². The Bertz CT molecular complexity index is 631. The molecule has 0 bridgehead atoms. The predicted molar refractivity (Wildman–Crippen MR) is 92.0 cm³/mol. The molecular weight excluding hydrogens is 288 g/mol. The number of imidazole rings is 1. The number of benzene rings is 1. The van der Waals surface area contributed by atoms with Gasteiger partial charge in [0.25, 0.3) is 0 Å². The van der Waals surface area contributed by atoms with Gasteiger partial charge in [-0.25, -0.2) is 4.98 Å². The van der Waals surface area contributed by atoms with Gasteiger partial charge < -0.3 is 9.88 Å². The van der Waals surface area contributed by atoms with Crippen molar-refractivity contribution in [1.82, 2.24) is 19.8 Å². The molecule has 0 unspecified atom stereocenters. The minimum absolute atomic E-state index is 0.00935. The number of likely N-dealkylation sites (N-methyl/N-ethyl adjacent to an activating group) is 1. The highest BCUT2D eigenvalue weighted by molar-refractivity contribution is 5.83. The Kier molecular flexibility index (Phi) is 5.93. The molecule has 1 atom stereocenters. The lowest BCUT2D eigenvalue weighted by Crippen LogP contribution is -2.37. The maximum absolute atomic E-state index is 12.6. The lowest BCUT2D eigenvalue weighted by molar-refractivity contribution is -0.126. The smallest absolute Gasteiger partial charge is 0.242 e. The summed E-state index contributed by atoms with van der Waals surface area (Å²) in [6.45, 7) is 5.53. The summed E-state index contributed by atoms with van der Waals surface area (Å²) in [5, 5.41) is 3.01. The fourth-order valence-electron chi connectivity index (χ4n) is 2.65. The molecule has 1 amide bonds. The van der Waals surface area contributed by atoms with Crippen LogP contribution in [0, 0.1) is 6.92 Å². The van der Waals surface area contributed by atoms with E-state index in [4.69, 9.17) is 0 Å². The molecule has 1 aromatic heterocycles. The maximum Gasteiger partial charge on any atom is 0.242 e. The number of hydrogen-bond acceptors (Lipinski definition) is 3. The highest BCUT2D eigenvalue weighted by atomic mass is 16.2. The van der Waals surface area contributed by atoms with Crippen molar-refractivity contribution in [1.29, 1.82) is 0 Å². The molecule has 5 heteroatoms. The van der Waals surface area contributed by atoms with Crippen LogP contribution >= 0.6 is 0 Å². The Balaban J connectivity index is 2.07. The normalized spacial score (nSPS) is 12.4. The van der Waals surface area contributed by atoms with E-state index >= 15 is 0 Å². The lowest BCUT2D eigenvalue weighted by Gasteiger charge is -2.24. The Morgan fingerprint density at radius 1 is 1.30 bits per heavy atom. The third-order valence-electron chi connectivity index (χ3n) is 3.84. The van der Waals surface area contributed by atoms with Crippen LogP contribution in [0.4, 0.5) is 0 Å². The second kappa shape index (κ2) is 7.92. The van der Waals surface area contributed by atoms with Crippen molar-refractivity contribution in [2.24, 2.45) is 0 Å². The van der Waals surface area contributed by atoms with E-state index in [0.717, 1.165) is 24.4 Å². The van der Waals surface area contributed by atoms with E-state index in [-0.39, 0.29) is 11.9 Å². The zero-order chi connectivity index (χ0) is 16.8. The van der Waals surface area contributed by atoms with Gasteiger partial charge in [0, 0.05) is 18.9 Å². The van der Waals surface area contributed by atoms with Crippen LogP contribution in [0.1, 0.15) is 36.3 Å². The van der Waals surface area contributed by atoms with Crippen molar-refractivity contribution >= 4 is 5.91 Å². The number of nitrogens with zero attached hydrogens (tertiary/aromatic N) is 3. The van der Waals surface area contributed by atoms with E-state index in [1.54, 1.807) is 6.20 Å². The van der Waals surface area contributed by atoms with Gasteiger partial charge in [-0.3, -0.25) is 9.69 Å². The summed E-state index contributed by atoms with van der Waals surface area (Å²) in [4.78, 5) is 18.9. The number of aryl methyl sites for hydroxylation is 2. The first-order valence-electron chi connectivity index (χ1n) is 8.03. The number of carbonyl (C=O) groups is 1. The summed E-state index contributed by atoms with van der Waals surface area (Å²) in [5.41, 5.74) is 2.18. The Morgan fingerprint density at radius 2 is 2.00 bits per heavy atom. The van der Waals surface area contributed by atoms with Crippen LogP contribution in [0.5, 0.6) is 0 Å². The van der Waals surface area contributed by atoms with Crippen molar-refractivity contribution in [3.63, 3.8) is 0 Å². The molecule has 0 fully saturated rings. The molecule has 124 valence electrons. The maximum atomic E-state index is 12.6. The molecule has 2 aromatic rings. The Hall–Kier alpha value is -2.14. The molecule has 0 aliphatic carbocycles. The molecule has 0 aliphatic rings. The summed E-state index contributed by atoms with van der Waals surface area (Å²) < 4.78 is 2.08. The lowest BCUT2D eigenvalue weighted by atomic mass is 10.0. The fourth-order valence-corrected chi connectivity index (χ4v) is 2.65. The van der Waals surface area contributed by atoms with Crippen LogP contribution in [-0.2, 0) is 17.9 Å². The van der Waals surface area contributed by atoms with Gasteiger partial charge in [-0.1, -0.05) is 36.8 Å². The monoisotopic (exact) mass is 314 g/mol. The molecule has 0 spiro atoms. The first-order valence-corrected chi connectivity index (χ1v) is 8.03. The molecule has 0 radical (unpaired) electrons. The van der Waals surface area contributed by atoms with E-state index in [2.05, 4.69) is 21.8 Å². The third kappa shape index (κ3) is 4.42. The van der Waals surface area contributed by atoms with E-state index in [1.165, 1.54) is 5.56 Å². The zero-order valence-electron chi connectivity index (χ0n) is 14.4. The number of nitrogens with one attached hydrogen (secondary N) is 1. The number of rotatable bonds is 7. The zero-order valence-corrected chi connectivity index (χ0v) is 14.4. The quantitative estimate of drug-likeness (QED) is 0.854. The van der Waals surface area contributed by atoms with Crippen molar-refractivity contribution < 1.29 is 4.79 Å². The van der Waals surface area contributed by atoms with Gasteiger partial charge in [0.15, 0.2) is 0 Å². The predicted octanol–water partition coefficient (Wildman–Crippen LogP) is 2.52. The van der Waals surface area contributed by atoms with Crippen LogP contribution in [0.3, 0.4) is 0 Å². The van der Waals surface area contributed by atoms with E-state index in [9.17, 15) is 4.79 Å². The molecule has 0 saturated heterocycles. The van der Waals surface area contributed by atoms with Gasteiger partial charge in [-0.05, 0) is 33.0 Å². The standard InChI is InChI=1S/C18H26N4O/c1-5-11-22-12-10-19-16(22)13-20-18(23)17(21(3)4)15-8-6-14(2)7-9-15/h6-10,12,17H,5,11,13H2,1-4H3,(H,20,23)/t17-/m1/s1. The van der Waals surface area contributed by atoms with Crippen molar-refractivity contribution in [2.45, 2.75) is 39.4 Å². The Labute approximate surface area is 138 Å². The molecule has 1 N–H and O–H groups in total. The SMILES string of the molecule is CCCn1ccnc1CNC(=O)[C@@H](c1ccc(C)cc1)N(C)C. The first-order chi connectivity index (χ1) is 11.0. The second-order valence-electron chi connectivity index (χ2n) is 6.03. The summed E-state index contributed by atoms with van der Waals surface area (Å²) in [7, 11) is 3.84. The molecule has 1 heterocycles. The van der Waals surface area contributed by atoms with E-state index in [1.807, 2.05) is 56.4 Å². The molecule has 0 saturated carbocycles. The van der Waals surface area contributed by atoms with Crippen LogP contribution < -0.4 is 5.32 Å². The van der Waals surface area contributed by atoms with Gasteiger partial charge in [0.1, 0.15) is 11.9 Å². The molecule has 23 heavy (non-hydrogen) atoms. The number of hydrogen-bond donors (Lipinski definition) is 1. The number of amides is 1. The molecular formula is C18H26N4O. The summed E-state index contributed by atoms with van der Waals surface area (Å²) in [6, 6.07) is 7.79. The van der Waals surface area contributed by atoms with Crippen LogP contribution in [0.25, 0.3) is 0 Å². The average molecular weight is 314 g/mol. The highest BCUT2D eigenvalue weighted by Gasteiger charge is 2.22. The molecule has 2 rings (SSSR count). The van der Waals surface area contributed by atoms with Crippen molar-refractivity contribution in [3.05, 3.63) is 53.6 Å². The van der Waals surface area contributed by atoms with Gasteiger partial charge in [0.2, 0.25) is 5.91 Å². The fraction of sp³-hybridized carbons (Fsp3) is 0.444. The highest BCUT2D eigenvalue weighted by Crippen LogP contribution is 2.19.